The zero-order chi connectivity index (χ0) is 21.9. The molecular formula is C20H18FNO8. The molecule has 30 heavy (non-hydrogen) atoms. The second kappa shape index (κ2) is 8.47. The lowest BCUT2D eigenvalue weighted by Crippen LogP contribution is -2.50. The van der Waals surface area contributed by atoms with Crippen LogP contribution in [0.5, 0.6) is 5.75 Å². The number of aliphatic hydroxyl groups is 2. The van der Waals surface area contributed by atoms with Crippen LogP contribution in [-0.4, -0.2) is 47.4 Å². The van der Waals surface area contributed by atoms with Gasteiger partial charge in [-0.25, -0.2) is 14.0 Å². The molecule has 1 fully saturated rings. The van der Waals surface area contributed by atoms with Crippen molar-refractivity contribution in [3.63, 3.8) is 0 Å². The molecule has 10 heteroatoms. The van der Waals surface area contributed by atoms with Gasteiger partial charge in [0.2, 0.25) is 0 Å². The van der Waals surface area contributed by atoms with Gasteiger partial charge in [0.05, 0.1) is 7.11 Å². The predicted molar refractivity (Wildman–Crippen MR) is 97.1 cm³/mol. The molecule has 0 bridgehead atoms. The van der Waals surface area contributed by atoms with Crippen LogP contribution in [0.4, 0.5) is 4.39 Å². The fraction of sp³-hybridized carbons (Fsp3) is 0.250. The summed E-state index contributed by atoms with van der Waals surface area (Å²) < 4.78 is 28.3. The third kappa shape index (κ3) is 4.09. The fourth-order valence-corrected chi connectivity index (χ4v) is 2.74. The van der Waals surface area contributed by atoms with Gasteiger partial charge >= 0.3 is 23.6 Å². The number of ether oxygens (including phenoxy) is 3. The molecule has 1 aliphatic rings. The highest BCUT2D eigenvalue weighted by molar-refractivity contribution is 5.95. The fourth-order valence-electron chi connectivity index (χ4n) is 2.74. The van der Waals surface area contributed by atoms with Gasteiger partial charge in [-0.15, -0.1) is 0 Å². The second-order valence-electron chi connectivity index (χ2n) is 6.39. The van der Waals surface area contributed by atoms with Crippen LogP contribution in [0.1, 0.15) is 11.1 Å². The summed E-state index contributed by atoms with van der Waals surface area (Å²) in [6.07, 6.45) is -4.47. The first-order chi connectivity index (χ1) is 14.3. The minimum atomic E-state index is -2.61. The summed E-state index contributed by atoms with van der Waals surface area (Å²) in [7, 11) is 1.42. The Hall–Kier alpha value is -3.50. The maximum Gasteiger partial charge on any atom is 0.364 e. The Bertz CT molecular complexity index is 922. The monoisotopic (exact) mass is 419 g/mol. The van der Waals surface area contributed by atoms with Crippen molar-refractivity contribution in [3.05, 3.63) is 65.5 Å². The number of amides is 1. The SMILES string of the molecule is COc1ccc(C2(C(=O)NCc3ccc(F)cc3)OC(=O)C(O)C(O)C(=O)O2)cc1. The Kier molecular flexibility index (Phi) is 5.99. The molecule has 2 atom stereocenters. The molecule has 1 saturated heterocycles. The number of esters is 2. The summed E-state index contributed by atoms with van der Waals surface area (Å²) >= 11 is 0. The highest BCUT2D eigenvalue weighted by Gasteiger charge is 2.54. The average molecular weight is 419 g/mol. The van der Waals surface area contributed by atoms with Gasteiger partial charge in [-0.05, 0) is 42.0 Å². The summed E-state index contributed by atoms with van der Waals surface area (Å²) in [5, 5.41) is 22.0. The summed E-state index contributed by atoms with van der Waals surface area (Å²) in [4.78, 5) is 37.4. The number of carbonyl (C=O) groups excluding carboxylic acids is 3. The smallest absolute Gasteiger partial charge is 0.364 e. The number of benzene rings is 2. The largest absolute Gasteiger partial charge is 0.497 e. The lowest BCUT2D eigenvalue weighted by molar-refractivity contribution is -0.228. The third-order valence-electron chi connectivity index (χ3n) is 4.41. The Morgan fingerprint density at radius 1 is 1.03 bits per heavy atom. The van der Waals surface area contributed by atoms with Crippen LogP contribution < -0.4 is 10.1 Å². The van der Waals surface area contributed by atoms with E-state index in [4.69, 9.17) is 14.2 Å². The lowest BCUT2D eigenvalue weighted by atomic mass is 10.0. The molecule has 3 rings (SSSR count). The Balaban J connectivity index is 1.97. The number of methoxy groups -OCH3 is 1. The van der Waals surface area contributed by atoms with Crippen molar-refractivity contribution in [2.24, 2.45) is 0 Å². The van der Waals surface area contributed by atoms with E-state index >= 15 is 0 Å². The van der Waals surface area contributed by atoms with Gasteiger partial charge in [0.15, 0.2) is 12.2 Å². The van der Waals surface area contributed by atoms with Crippen molar-refractivity contribution in [1.29, 1.82) is 0 Å². The molecule has 9 nitrogen and oxygen atoms in total. The first-order valence-electron chi connectivity index (χ1n) is 8.76. The number of nitrogens with one attached hydrogen (secondary N) is 1. The van der Waals surface area contributed by atoms with E-state index < -0.39 is 41.7 Å². The molecule has 1 heterocycles. The van der Waals surface area contributed by atoms with E-state index in [2.05, 4.69) is 5.32 Å². The van der Waals surface area contributed by atoms with E-state index in [0.717, 1.165) is 0 Å². The molecule has 1 amide bonds. The first-order valence-corrected chi connectivity index (χ1v) is 8.76. The van der Waals surface area contributed by atoms with E-state index in [-0.39, 0.29) is 12.1 Å². The summed E-state index contributed by atoms with van der Waals surface area (Å²) in [6.45, 7) is -0.114. The van der Waals surface area contributed by atoms with Crippen LogP contribution in [0, 0.1) is 5.82 Å². The second-order valence-corrected chi connectivity index (χ2v) is 6.39. The van der Waals surface area contributed by atoms with E-state index in [0.29, 0.717) is 11.3 Å². The molecule has 2 aromatic carbocycles. The maximum absolute atomic E-state index is 13.1. The number of hydrogen-bond donors (Lipinski definition) is 3. The molecule has 3 N–H and O–H groups in total. The molecule has 2 aromatic rings. The molecule has 158 valence electrons. The summed E-state index contributed by atoms with van der Waals surface area (Å²) in [5.41, 5.74) is 0.448. The molecule has 0 spiro atoms. The van der Waals surface area contributed by atoms with Crippen molar-refractivity contribution in [2.75, 3.05) is 7.11 Å². The normalized spacial score (nSPS) is 23.7. The molecule has 0 aliphatic carbocycles. The van der Waals surface area contributed by atoms with Crippen molar-refractivity contribution < 1.29 is 43.2 Å². The Morgan fingerprint density at radius 3 is 2.07 bits per heavy atom. The van der Waals surface area contributed by atoms with E-state index in [1.807, 2.05) is 0 Å². The van der Waals surface area contributed by atoms with Crippen LogP contribution in [-0.2, 0) is 36.2 Å². The number of carbonyl (C=O) groups is 3. The average Bonchev–Trinajstić information content (AvgIpc) is 2.84. The number of cyclic esters (lactones) is 2. The predicted octanol–water partition coefficient (Wildman–Crippen LogP) is 0.125. The molecule has 0 radical (unpaired) electrons. The van der Waals surface area contributed by atoms with Gasteiger partial charge in [-0.3, -0.25) is 4.79 Å². The van der Waals surface area contributed by atoms with Crippen LogP contribution in [0.2, 0.25) is 0 Å². The van der Waals surface area contributed by atoms with Crippen LogP contribution in [0.25, 0.3) is 0 Å². The van der Waals surface area contributed by atoms with Gasteiger partial charge < -0.3 is 29.7 Å². The van der Waals surface area contributed by atoms with Crippen molar-refractivity contribution in [1.82, 2.24) is 5.32 Å². The number of hydrogen-bond acceptors (Lipinski definition) is 8. The lowest BCUT2D eigenvalue weighted by Gasteiger charge is -2.30. The van der Waals surface area contributed by atoms with Gasteiger partial charge in [0, 0.05) is 12.1 Å². The van der Waals surface area contributed by atoms with Crippen LogP contribution >= 0.6 is 0 Å². The molecule has 0 saturated carbocycles. The van der Waals surface area contributed by atoms with Crippen molar-refractivity contribution in [3.8, 4) is 5.75 Å². The highest BCUT2D eigenvalue weighted by Crippen LogP contribution is 2.33. The first kappa shape index (κ1) is 21.2. The standard InChI is InChI=1S/C20H18FNO8/c1-28-14-8-4-12(5-9-14)20(29-17(25)15(23)16(24)18(26)30-20)19(27)22-10-11-2-6-13(21)7-3-11/h2-9,15-16,23-24H,10H2,1H3,(H,22,27). The summed E-state index contributed by atoms with van der Waals surface area (Å²) in [6, 6.07) is 10.7. The zero-order valence-electron chi connectivity index (χ0n) is 15.7. The van der Waals surface area contributed by atoms with Gasteiger partial charge in [-0.1, -0.05) is 12.1 Å². The van der Waals surface area contributed by atoms with Crippen LogP contribution in [0.15, 0.2) is 48.5 Å². The minimum absolute atomic E-state index is 0.0668. The summed E-state index contributed by atoms with van der Waals surface area (Å²) in [5.74, 6) is -6.58. The number of rotatable bonds is 5. The highest BCUT2D eigenvalue weighted by atomic mass is 19.1. The van der Waals surface area contributed by atoms with Crippen molar-refractivity contribution in [2.45, 2.75) is 24.5 Å². The van der Waals surface area contributed by atoms with Gasteiger partial charge in [0.1, 0.15) is 11.6 Å². The third-order valence-corrected chi connectivity index (χ3v) is 4.41. The van der Waals surface area contributed by atoms with Crippen molar-refractivity contribution >= 4 is 17.8 Å². The Morgan fingerprint density at radius 2 is 1.57 bits per heavy atom. The number of aliphatic hydroxyl groups excluding tert-OH is 2. The van der Waals surface area contributed by atoms with Gasteiger partial charge in [0.25, 0.3) is 0 Å². The van der Waals surface area contributed by atoms with E-state index in [9.17, 15) is 29.0 Å². The quantitative estimate of drug-likeness (QED) is 0.583. The van der Waals surface area contributed by atoms with Crippen LogP contribution in [0.3, 0.4) is 0 Å². The maximum atomic E-state index is 13.1. The molecular weight excluding hydrogens is 401 g/mol. The molecule has 1 aliphatic heterocycles. The Labute approximate surface area is 170 Å². The van der Waals surface area contributed by atoms with E-state index in [1.54, 1.807) is 0 Å². The zero-order valence-corrected chi connectivity index (χ0v) is 15.7. The van der Waals surface area contributed by atoms with Gasteiger partial charge in [-0.2, -0.15) is 0 Å². The molecule has 0 aromatic heterocycles. The topological polar surface area (TPSA) is 131 Å². The van der Waals surface area contributed by atoms with E-state index in [1.165, 1.54) is 55.6 Å². The molecule has 2 unspecified atom stereocenters. The minimum Gasteiger partial charge on any atom is -0.497 e. The number of halogens is 1.